The van der Waals surface area contributed by atoms with E-state index in [0.717, 1.165) is 23.0 Å². The number of Topliss-reactive ketones (excluding diaryl/α,β-unsaturated/α-hetero) is 1. The van der Waals surface area contributed by atoms with E-state index in [2.05, 4.69) is 10.4 Å². The lowest BCUT2D eigenvalue weighted by molar-refractivity contribution is -0.119. The zero-order chi connectivity index (χ0) is 32.3. The van der Waals surface area contributed by atoms with Gasteiger partial charge >= 0.3 is 0 Å². The molecule has 2 aromatic heterocycles. The van der Waals surface area contributed by atoms with Crippen molar-refractivity contribution in [3.8, 4) is 16.9 Å². The summed E-state index contributed by atoms with van der Waals surface area (Å²) in [5.74, 6) is -3.09. The van der Waals surface area contributed by atoms with Gasteiger partial charge in [0, 0.05) is 47.6 Å². The number of ketones is 1. The molecule has 2 aromatic carbocycles. The Kier molecular flexibility index (Phi) is 9.35. The van der Waals surface area contributed by atoms with E-state index in [-0.39, 0.29) is 29.2 Å². The van der Waals surface area contributed by atoms with E-state index in [1.807, 2.05) is 0 Å². The molecule has 0 fully saturated rings. The highest BCUT2D eigenvalue weighted by atomic mass is 35.5. The van der Waals surface area contributed by atoms with Crippen molar-refractivity contribution in [2.45, 2.75) is 19.4 Å². The maximum atomic E-state index is 14.8. The first kappa shape index (κ1) is 32.1. The molecule has 4 rings (SSSR count). The smallest absolute Gasteiger partial charge is 0.267 e. The van der Waals surface area contributed by atoms with Gasteiger partial charge in [0.05, 0.1) is 30.8 Å². The number of hydrogen-bond donors (Lipinski definition) is 2. The van der Waals surface area contributed by atoms with Gasteiger partial charge in [-0.25, -0.2) is 17.5 Å². The number of nitrogens with zero attached hydrogens (tertiary/aromatic N) is 3. The highest BCUT2D eigenvalue weighted by Gasteiger charge is 2.26. The van der Waals surface area contributed by atoms with Crippen LogP contribution in [-0.2, 0) is 28.3 Å². The predicted octanol–water partition coefficient (Wildman–Crippen LogP) is 3.36. The second-order valence-electron chi connectivity index (χ2n) is 9.83. The first-order valence-electron chi connectivity index (χ1n) is 12.9. The largest absolute Gasteiger partial charge is 0.495 e. The summed E-state index contributed by atoms with van der Waals surface area (Å²) in [6.07, 6.45) is 3.69. The SMILES string of the molecule is COc1cn([C@@H](Cc2ccn(C)n2)C(=O)Nc2ccc(C(=O)NS(C)(=O)=O)c(F)c2)c(=O)cc1-c1cc(Cl)ccc1C(C)=O. The standard InChI is InChI=1S/C29H27ClFN5O7S/c1-16(37)20-7-5-17(30)11-22(20)23-14-27(38)36(15-26(23)43-3)25(13-19-9-10-35(2)33-19)29(40)32-18-6-8-21(24(31)12-18)28(39)34-44(4,41)42/h5-12,14-15,25H,13H2,1-4H3,(H,32,40)(H,34,39)/t25-/m0/s1. The quantitative estimate of drug-likeness (QED) is 0.249. The fourth-order valence-corrected chi connectivity index (χ4v) is 5.12. The van der Waals surface area contributed by atoms with Crippen LogP contribution in [0.3, 0.4) is 0 Å². The van der Waals surface area contributed by atoms with Gasteiger partial charge in [0.15, 0.2) is 5.78 Å². The van der Waals surface area contributed by atoms with Crippen LogP contribution in [-0.4, -0.2) is 53.7 Å². The predicted molar refractivity (Wildman–Crippen MR) is 161 cm³/mol. The van der Waals surface area contributed by atoms with E-state index < -0.39 is 44.8 Å². The van der Waals surface area contributed by atoms with Gasteiger partial charge in [0.1, 0.15) is 17.6 Å². The summed E-state index contributed by atoms with van der Waals surface area (Å²) >= 11 is 6.19. The van der Waals surface area contributed by atoms with Gasteiger partial charge < -0.3 is 10.1 Å². The molecule has 0 bridgehead atoms. The van der Waals surface area contributed by atoms with Crippen molar-refractivity contribution >= 4 is 44.9 Å². The van der Waals surface area contributed by atoms with Crippen LogP contribution in [0.15, 0.2) is 65.7 Å². The van der Waals surface area contributed by atoms with Gasteiger partial charge in [-0.1, -0.05) is 11.6 Å². The van der Waals surface area contributed by atoms with Crippen molar-refractivity contribution in [1.82, 2.24) is 19.1 Å². The number of amides is 2. The van der Waals surface area contributed by atoms with Crippen LogP contribution in [0.1, 0.15) is 39.4 Å². The molecule has 2 amide bonds. The van der Waals surface area contributed by atoms with Crippen molar-refractivity contribution in [3.63, 3.8) is 0 Å². The van der Waals surface area contributed by atoms with E-state index in [1.165, 1.54) is 49.2 Å². The third kappa shape index (κ3) is 7.38. The van der Waals surface area contributed by atoms with Crippen molar-refractivity contribution < 1.29 is 31.9 Å². The number of halogens is 2. The van der Waals surface area contributed by atoms with Crippen LogP contribution in [0.5, 0.6) is 5.75 Å². The summed E-state index contributed by atoms with van der Waals surface area (Å²) in [5.41, 5.74) is 0.191. The molecule has 1 atom stereocenters. The number of ether oxygens (including phenoxy) is 1. The summed E-state index contributed by atoms with van der Waals surface area (Å²) in [7, 11) is -0.887. The van der Waals surface area contributed by atoms with Gasteiger partial charge in [-0.2, -0.15) is 5.10 Å². The molecule has 2 N–H and O–H groups in total. The summed E-state index contributed by atoms with van der Waals surface area (Å²) in [4.78, 5) is 51.6. The average molecular weight is 644 g/mol. The Morgan fingerprint density at radius 1 is 1.07 bits per heavy atom. The number of aryl methyl sites for hydroxylation is 1. The fraction of sp³-hybridized carbons (Fsp3) is 0.207. The van der Waals surface area contributed by atoms with Crippen LogP contribution < -0.4 is 20.3 Å². The Hall–Kier alpha value is -4.82. The molecule has 0 aliphatic rings. The van der Waals surface area contributed by atoms with Gasteiger partial charge in [-0.3, -0.25) is 28.4 Å². The number of benzene rings is 2. The number of pyridine rings is 1. The number of rotatable bonds is 10. The van der Waals surface area contributed by atoms with Crippen LogP contribution in [0.2, 0.25) is 5.02 Å². The molecule has 0 saturated heterocycles. The molecule has 230 valence electrons. The maximum Gasteiger partial charge on any atom is 0.267 e. The van der Waals surface area contributed by atoms with Crippen LogP contribution in [0.25, 0.3) is 11.1 Å². The summed E-state index contributed by atoms with van der Waals surface area (Å²) in [6.45, 7) is 1.38. The first-order valence-corrected chi connectivity index (χ1v) is 15.2. The van der Waals surface area contributed by atoms with E-state index in [9.17, 15) is 32.0 Å². The Morgan fingerprint density at radius 3 is 2.36 bits per heavy atom. The molecule has 0 spiro atoms. The van der Waals surface area contributed by atoms with Crippen molar-refractivity contribution in [2.75, 3.05) is 18.7 Å². The van der Waals surface area contributed by atoms with E-state index >= 15 is 0 Å². The first-order chi connectivity index (χ1) is 20.7. The van der Waals surface area contributed by atoms with Crippen molar-refractivity contribution in [2.24, 2.45) is 7.05 Å². The lowest BCUT2D eigenvalue weighted by Gasteiger charge is -2.21. The molecule has 0 aliphatic carbocycles. The lowest BCUT2D eigenvalue weighted by Crippen LogP contribution is -2.34. The average Bonchev–Trinajstić information content (AvgIpc) is 3.35. The van der Waals surface area contributed by atoms with Gasteiger partial charge in [0.25, 0.3) is 11.5 Å². The zero-order valence-electron chi connectivity index (χ0n) is 23.9. The highest BCUT2D eigenvalue weighted by Crippen LogP contribution is 2.34. The maximum absolute atomic E-state index is 14.8. The molecular formula is C29H27ClFN5O7S. The Labute approximate surface area is 256 Å². The van der Waals surface area contributed by atoms with Crippen molar-refractivity contribution in [1.29, 1.82) is 0 Å². The minimum Gasteiger partial charge on any atom is -0.495 e. The van der Waals surface area contributed by atoms with Crippen molar-refractivity contribution in [3.05, 3.63) is 98.9 Å². The molecule has 0 aliphatic heterocycles. The van der Waals surface area contributed by atoms with E-state index in [4.69, 9.17) is 16.3 Å². The molecule has 44 heavy (non-hydrogen) atoms. The van der Waals surface area contributed by atoms with Gasteiger partial charge in [-0.15, -0.1) is 0 Å². The fourth-order valence-electron chi connectivity index (χ4n) is 4.51. The molecular weight excluding hydrogens is 617 g/mol. The third-order valence-electron chi connectivity index (χ3n) is 6.48. The second kappa shape index (κ2) is 12.8. The molecule has 12 nitrogen and oxygen atoms in total. The molecule has 15 heteroatoms. The minimum atomic E-state index is -3.94. The number of carbonyl (C=O) groups is 3. The van der Waals surface area contributed by atoms with Gasteiger partial charge in [0.2, 0.25) is 15.9 Å². The summed E-state index contributed by atoms with van der Waals surface area (Å²) < 4.78 is 47.4. The van der Waals surface area contributed by atoms with Crippen LogP contribution in [0, 0.1) is 5.82 Å². The second-order valence-corrected chi connectivity index (χ2v) is 12.0. The number of hydrogen-bond acceptors (Lipinski definition) is 8. The number of methoxy groups -OCH3 is 1. The minimum absolute atomic E-state index is 0.0533. The molecule has 0 unspecified atom stereocenters. The lowest BCUT2D eigenvalue weighted by atomic mass is 9.97. The zero-order valence-corrected chi connectivity index (χ0v) is 25.5. The molecule has 0 radical (unpaired) electrons. The normalized spacial score (nSPS) is 12.0. The number of anilines is 1. The molecule has 0 saturated carbocycles. The Bertz CT molecular complexity index is 1960. The van der Waals surface area contributed by atoms with Crippen LogP contribution in [0.4, 0.5) is 10.1 Å². The van der Waals surface area contributed by atoms with E-state index in [0.29, 0.717) is 21.8 Å². The summed E-state index contributed by atoms with van der Waals surface area (Å²) in [6, 6.07) is 9.37. The Balaban J connectivity index is 1.75. The van der Waals surface area contributed by atoms with Gasteiger partial charge in [-0.05, 0) is 55.0 Å². The summed E-state index contributed by atoms with van der Waals surface area (Å²) in [5, 5.41) is 7.17. The number of nitrogens with one attached hydrogen (secondary N) is 2. The number of sulfonamides is 1. The Morgan fingerprint density at radius 2 is 1.77 bits per heavy atom. The number of carbonyl (C=O) groups excluding carboxylic acids is 3. The molecule has 4 aromatic rings. The topological polar surface area (TPSA) is 158 Å². The highest BCUT2D eigenvalue weighted by molar-refractivity contribution is 7.89. The van der Waals surface area contributed by atoms with Crippen LogP contribution >= 0.6 is 11.6 Å². The van der Waals surface area contributed by atoms with E-state index in [1.54, 1.807) is 30.1 Å². The third-order valence-corrected chi connectivity index (χ3v) is 7.28. The number of aromatic nitrogens is 3. The molecule has 2 heterocycles. The monoisotopic (exact) mass is 643 g/mol.